The first kappa shape index (κ1) is 13.6. The van der Waals surface area contributed by atoms with Gasteiger partial charge in [0.1, 0.15) is 12.0 Å². The highest BCUT2D eigenvalue weighted by Crippen LogP contribution is 2.40. The molecule has 1 aromatic rings. The number of carboxylic acid groups (broad SMARTS) is 1. The molecule has 1 saturated carbocycles. The smallest absolute Gasteiger partial charge is 0.338 e. The maximum absolute atomic E-state index is 10.8. The van der Waals surface area contributed by atoms with Gasteiger partial charge in [0.05, 0.1) is 17.7 Å². The summed E-state index contributed by atoms with van der Waals surface area (Å²) in [5.41, 5.74) is -0.268. The van der Waals surface area contributed by atoms with Crippen molar-refractivity contribution in [3.8, 4) is 0 Å². The Bertz CT molecular complexity index is 498. The summed E-state index contributed by atoms with van der Waals surface area (Å²) in [4.78, 5) is 13.1. The van der Waals surface area contributed by atoms with Crippen LogP contribution in [0.4, 0.5) is 0 Å². The largest absolute Gasteiger partial charge is 0.478 e. The molecule has 0 amide bonds. The summed E-state index contributed by atoms with van der Waals surface area (Å²) in [5, 5.41) is 19.5. The van der Waals surface area contributed by atoms with E-state index in [2.05, 4.69) is 4.90 Å². The molecule has 5 nitrogen and oxygen atoms in total. The fourth-order valence-corrected chi connectivity index (χ4v) is 3.58. The minimum atomic E-state index is -0.958. The highest BCUT2D eigenvalue weighted by molar-refractivity contribution is 5.87. The summed E-state index contributed by atoms with van der Waals surface area (Å²) in [6.07, 6.45) is 6.45. The second-order valence-electron chi connectivity index (χ2n) is 6.14. The number of piperidine rings is 1. The first-order chi connectivity index (χ1) is 9.57. The summed E-state index contributed by atoms with van der Waals surface area (Å²) in [7, 11) is 0. The van der Waals surface area contributed by atoms with E-state index in [9.17, 15) is 9.90 Å². The number of aliphatic hydroxyl groups is 1. The van der Waals surface area contributed by atoms with Crippen LogP contribution in [0.2, 0.25) is 0 Å². The molecule has 2 N–H and O–H groups in total. The number of carboxylic acids is 1. The van der Waals surface area contributed by atoms with Gasteiger partial charge in [-0.1, -0.05) is 12.8 Å². The van der Waals surface area contributed by atoms with Crippen LogP contribution >= 0.6 is 0 Å². The minimum Gasteiger partial charge on any atom is -0.478 e. The average Bonchev–Trinajstić information content (AvgIpc) is 2.88. The van der Waals surface area contributed by atoms with Crippen LogP contribution in [0.3, 0.4) is 0 Å². The Hall–Kier alpha value is -1.33. The molecule has 1 aromatic heterocycles. The number of fused-ring (bicyclic) bond motifs is 1. The molecule has 1 aliphatic carbocycles. The van der Waals surface area contributed by atoms with Gasteiger partial charge in [0, 0.05) is 19.0 Å². The topological polar surface area (TPSA) is 73.9 Å². The standard InChI is InChI=1S/C15H21NO4/c17-14(18)11-7-13(20-10-11)9-16-6-5-15(19)4-2-1-3-12(15)8-16/h7,10,12,19H,1-6,8-9H2,(H,17,18). The fraction of sp³-hybridized carbons (Fsp3) is 0.667. The number of rotatable bonds is 3. The minimum absolute atomic E-state index is 0.200. The Morgan fingerprint density at radius 2 is 2.30 bits per heavy atom. The van der Waals surface area contributed by atoms with Gasteiger partial charge in [0.15, 0.2) is 0 Å². The summed E-state index contributed by atoms with van der Waals surface area (Å²) >= 11 is 0. The van der Waals surface area contributed by atoms with Crippen molar-refractivity contribution in [3.05, 3.63) is 23.7 Å². The Kier molecular flexibility index (Phi) is 3.56. The molecule has 0 radical (unpaired) electrons. The Balaban J connectivity index is 1.63. The maximum atomic E-state index is 10.8. The Labute approximate surface area is 118 Å². The van der Waals surface area contributed by atoms with Crippen molar-refractivity contribution in [3.63, 3.8) is 0 Å². The molecule has 5 heteroatoms. The molecule has 0 bridgehead atoms. The third-order valence-corrected chi connectivity index (χ3v) is 4.79. The maximum Gasteiger partial charge on any atom is 0.338 e. The second kappa shape index (κ2) is 5.22. The lowest BCUT2D eigenvalue weighted by molar-refractivity contribution is -0.0975. The number of carbonyl (C=O) groups is 1. The predicted octanol–water partition coefficient (Wildman–Crippen LogP) is 2.10. The molecule has 2 heterocycles. The summed E-state index contributed by atoms with van der Waals surface area (Å²) in [6.45, 7) is 2.34. The molecule has 2 aliphatic rings. The Morgan fingerprint density at radius 3 is 3.05 bits per heavy atom. The molecule has 2 atom stereocenters. The Morgan fingerprint density at radius 1 is 1.45 bits per heavy atom. The number of nitrogens with zero attached hydrogens (tertiary/aromatic N) is 1. The quantitative estimate of drug-likeness (QED) is 0.886. The number of hydrogen-bond acceptors (Lipinski definition) is 4. The molecule has 0 aromatic carbocycles. The van der Waals surface area contributed by atoms with Gasteiger partial charge in [-0.2, -0.15) is 0 Å². The highest BCUT2D eigenvalue weighted by atomic mass is 16.4. The highest BCUT2D eigenvalue weighted by Gasteiger charge is 2.42. The average molecular weight is 279 g/mol. The van der Waals surface area contributed by atoms with E-state index in [0.29, 0.717) is 18.2 Å². The van der Waals surface area contributed by atoms with E-state index in [1.54, 1.807) is 6.07 Å². The van der Waals surface area contributed by atoms with Crippen molar-refractivity contribution >= 4 is 5.97 Å². The number of likely N-dealkylation sites (tertiary alicyclic amines) is 1. The normalized spacial score (nSPS) is 30.9. The van der Waals surface area contributed by atoms with Gasteiger partial charge in [0.25, 0.3) is 0 Å². The summed E-state index contributed by atoms with van der Waals surface area (Å²) in [6, 6.07) is 1.59. The van der Waals surface area contributed by atoms with Crippen LogP contribution in [0.25, 0.3) is 0 Å². The van der Waals surface area contributed by atoms with Crippen LogP contribution in [-0.4, -0.2) is 39.8 Å². The lowest BCUT2D eigenvalue weighted by Crippen LogP contribution is -2.52. The number of furan rings is 1. The third kappa shape index (κ3) is 2.60. The van der Waals surface area contributed by atoms with Gasteiger partial charge >= 0.3 is 5.97 Å². The van der Waals surface area contributed by atoms with Crippen LogP contribution in [-0.2, 0) is 6.54 Å². The van der Waals surface area contributed by atoms with Crippen molar-refractivity contribution in [2.24, 2.45) is 5.92 Å². The molecule has 0 spiro atoms. The zero-order valence-corrected chi connectivity index (χ0v) is 11.5. The van der Waals surface area contributed by atoms with Crippen LogP contribution in [0.5, 0.6) is 0 Å². The van der Waals surface area contributed by atoms with Crippen molar-refractivity contribution in [2.75, 3.05) is 13.1 Å². The van der Waals surface area contributed by atoms with E-state index in [-0.39, 0.29) is 5.56 Å². The molecule has 1 saturated heterocycles. The first-order valence-corrected chi connectivity index (χ1v) is 7.32. The predicted molar refractivity (Wildman–Crippen MR) is 72.5 cm³/mol. The van der Waals surface area contributed by atoms with Crippen molar-refractivity contribution in [1.29, 1.82) is 0 Å². The van der Waals surface area contributed by atoms with Gasteiger partial charge in [-0.3, -0.25) is 4.90 Å². The van der Waals surface area contributed by atoms with Gasteiger partial charge in [-0.15, -0.1) is 0 Å². The fourth-order valence-electron chi connectivity index (χ4n) is 3.58. The number of aromatic carboxylic acids is 1. The van der Waals surface area contributed by atoms with E-state index in [1.165, 1.54) is 12.7 Å². The van der Waals surface area contributed by atoms with E-state index >= 15 is 0 Å². The van der Waals surface area contributed by atoms with E-state index in [0.717, 1.165) is 38.8 Å². The lowest BCUT2D eigenvalue weighted by atomic mass is 9.71. The molecule has 2 unspecified atom stereocenters. The van der Waals surface area contributed by atoms with Crippen LogP contribution in [0, 0.1) is 5.92 Å². The molecular weight excluding hydrogens is 258 g/mol. The van der Waals surface area contributed by atoms with Crippen LogP contribution in [0.1, 0.15) is 48.2 Å². The molecule has 20 heavy (non-hydrogen) atoms. The van der Waals surface area contributed by atoms with Crippen molar-refractivity contribution in [2.45, 2.75) is 44.2 Å². The lowest BCUT2D eigenvalue weighted by Gasteiger charge is -2.47. The molecule has 3 rings (SSSR count). The molecule has 110 valence electrons. The molecule has 2 fully saturated rings. The number of hydrogen-bond donors (Lipinski definition) is 2. The summed E-state index contributed by atoms with van der Waals surface area (Å²) < 4.78 is 5.30. The zero-order chi connectivity index (χ0) is 14.2. The van der Waals surface area contributed by atoms with Gasteiger partial charge in [-0.25, -0.2) is 4.79 Å². The monoisotopic (exact) mass is 279 g/mol. The van der Waals surface area contributed by atoms with Crippen molar-refractivity contribution < 1.29 is 19.4 Å². The van der Waals surface area contributed by atoms with Crippen molar-refractivity contribution in [1.82, 2.24) is 4.90 Å². The van der Waals surface area contributed by atoms with E-state index < -0.39 is 11.6 Å². The molecular formula is C15H21NO4. The first-order valence-electron chi connectivity index (χ1n) is 7.32. The third-order valence-electron chi connectivity index (χ3n) is 4.79. The molecule has 1 aliphatic heterocycles. The van der Waals surface area contributed by atoms with Crippen LogP contribution in [0.15, 0.2) is 16.7 Å². The van der Waals surface area contributed by atoms with E-state index in [1.807, 2.05) is 0 Å². The van der Waals surface area contributed by atoms with E-state index in [4.69, 9.17) is 9.52 Å². The second-order valence-corrected chi connectivity index (χ2v) is 6.14. The van der Waals surface area contributed by atoms with Crippen LogP contribution < -0.4 is 0 Å². The van der Waals surface area contributed by atoms with Gasteiger partial charge < -0.3 is 14.6 Å². The zero-order valence-electron chi connectivity index (χ0n) is 11.5. The summed E-state index contributed by atoms with van der Waals surface area (Å²) in [5.74, 6) is 0.0721. The SMILES string of the molecule is O=C(O)c1coc(CN2CCC3(O)CCCCC3C2)c1. The van der Waals surface area contributed by atoms with Gasteiger partial charge in [0.2, 0.25) is 0 Å². The van der Waals surface area contributed by atoms with Gasteiger partial charge in [-0.05, 0) is 25.3 Å².